The maximum atomic E-state index is 12.6. The van der Waals surface area contributed by atoms with E-state index in [1.807, 2.05) is 38.5 Å². The first-order valence-electron chi connectivity index (χ1n) is 10.0. The Balaban J connectivity index is 1.63. The molecule has 0 saturated carbocycles. The fourth-order valence-electron chi connectivity index (χ4n) is 3.68. The largest absolute Gasteiger partial charge is 0.444 e. The number of nitrogens with zero attached hydrogens (tertiary/aromatic N) is 6. The van der Waals surface area contributed by atoms with Crippen molar-refractivity contribution in [1.29, 1.82) is 0 Å². The average molecular weight is 508 g/mol. The second-order valence-corrected chi connectivity index (χ2v) is 9.83. The van der Waals surface area contributed by atoms with Gasteiger partial charge in [-0.05, 0) is 49.7 Å². The Kier molecular flexibility index (Phi) is 5.83. The van der Waals surface area contributed by atoms with Gasteiger partial charge in [0.15, 0.2) is 5.65 Å². The zero-order valence-corrected chi connectivity index (χ0v) is 20.2. The molecule has 0 aromatic carbocycles. The zero-order chi connectivity index (χ0) is 22.3. The number of piperazine rings is 1. The molecule has 4 heterocycles. The first-order chi connectivity index (χ1) is 14.6. The molecule has 164 valence electrons. The maximum absolute atomic E-state index is 12.6. The minimum absolute atomic E-state index is 0.0240. The van der Waals surface area contributed by atoms with Crippen LogP contribution in [0, 0.1) is 0 Å². The minimum atomic E-state index is -0.519. The number of halogens is 2. The van der Waals surface area contributed by atoms with E-state index >= 15 is 0 Å². The van der Waals surface area contributed by atoms with Crippen LogP contribution in [0.5, 0.6) is 0 Å². The van der Waals surface area contributed by atoms with Crippen molar-refractivity contribution in [2.24, 2.45) is 0 Å². The van der Waals surface area contributed by atoms with Gasteiger partial charge in [-0.1, -0.05) is 11.6 Å². The van der Waals surface area contributed by atoms with Gasteiger partial charge in [0, 0.05) is 53.6 Å². The lowest BCUT2D eigenvalue weighted by molar-refractivity contribution is 0.0159. The van der Waals surface area contributed by atoms with Crippen LogP contribution in [0.15, 0.2) is 35.3 Å². The topological polar surface area (TPSA) is 76.4 Å². The van der Waals surface area contributed by atoms with Gasteiger partial charge in [0.05, 0.1) is 5.39 Å². The van der Waals surface area contributed by atoms with Crippen LogP contribution >= 0.6 is 27.5 Å². The Morgan fingerprint density at radius 2 is 2.03 bits per heavy atom. The van der Waals surface area contributed by atoms with Crippen LogP contribution in [0.2, 0.25) is 5.02 Å². The molecule has 8 nitrogen and oxygen atoms in total. The summed E-state index contributed by atoms with van der Waals surface area (Å²) in [5.41, 5.74) is 0.211. The summed E-state index contributed by atoms with van der Waals surface area (Å²) in [7, 11) is 0. The van der Waals surface area contributed by atoms with E-state index in [4.69, 9.17) is 16.3 Å². The molecule has 3 aromatic rings. The van der Waals surface area contributed by atoms with Gasteiger partial charge in [-0.25, -0.2) is 19.7 Å². The predicted octanol–water partition coefficient (Wildman–Crippen LogP) is 4.68. The summed E-state index contributed by atoms with van der Waals surface area (Å²) in [6, 6.07) is 3.50. The Hall–Kier alpha value is -2.39. The summed E-state index contributed by atoms with van der Waals surface area (Å²) in [4.78, 5) is 30.0. The molecular formula is C21H24BrClN6O2. The zero-order valence-electron chi connectivity index (χ0n) is 17.8. The van der Waals surface area contributed by atoms with Gasteiger partial charge in [0.2, 0.25) is 0 Å². The summed E-state index contributed by atoms with van der Waals surface area (Å²) in [6.07, 6.45) is 4.85. The Bertz CT molecular complexity index is 1130. The van der Waals surface area contributed by atoms with Crippen LogP contribution < -0.4 is 4.90 Å². The van der Waals surface area contributed by atoms with Crippen molar-refractivity contribution in [3.05, 3.63) is 40.3 Å². The molecule has 3 aromatic heterocycles. The van der Waals surface area contributed by atoms with E-state index < -0.39 is 5.60 Å². The molecule has 0 radical (unpaired) electrons. The van der Waals surface area contributed by atoms with Crippen molar-refractivity contribution in [3.8, 4) is 5.82 Å². The molecule has 0 aliphatic carbocycles. The fourth-order valence-corrected chi connectivity index (χ4v) is 4.40. The predicted molar refractivity (Wildman–Crippen MR) is 124 cm³/mol. The number of hydrogen-bond donors (Lipinski definition) is 0. The summed E-state index contributed by atoms with van der Waals surface area (Å²) in [5, 5.41) is 1.49. The van der Waals surface area contributed by atoms with Crippen LogP contribution in [0.4, 0.5) is 10.6 Å². The second kappa shape index (κ2) is 8.27. The fraction of sp³-hybridized carbons (Fsp3) is 0.429. The Labute approximate surface area is 194 Å². The van der Waals surface area contributed by atoms with Crippen LogP contribution in [-0.4, -0.2) is 61.8 Å². The van der Waals surface area contributed by atoms with Crippen molar-refractivity contribution in [2.75, 3.05) is 24.5 Å². The number of rotatable bonds is 2. The number of ether oxygens (including phenoxy) is 1. The van der Waals surface area contributed by atoms with Gasteiger partial charge in [0.25, 0.3) is 0 Å². The van der Waals surface area contributed by atoms with Crippen LogP contribution in [-0.2, 0) is 4.74 Å². The smallest absolute Gasteiger partial charge is 0.410 e. The lowest BCUT2D eigenvalue weighted by atomic mass is 10.2. The standard InChI is InChI=1S/C21H24BrClN6O2/c1-13-10-27(7-8-28(13)20(30)31-21(2,3)4)18-17-15(22)11-29(19(17)26-12-25-18)16-9-14(23)5-6-24-16/h5-6,9,11-13H,7-8,10H2,1-4H3/t13-/m1/s1. The number of hydrogen-bond acceptors (Lipinski definition) is 6. The van der Waals surface area contributed by atoms with Crippen LogP contribution in [0.1, 0.15) is 27.7 Å². The molecule has 10 heteroatoms. The van der Waals surface area contributed by atoms with Crippen LogP contribution in [0.3, 0.4) is 0 Å². The molecule has 0 spiro atoms. The molecule has 1 fully saturated rings. The van der Waals surface area contributed by atoms with E-state index in [9.17, 15) is 4.79 Å². The van der Waals surface area contributed by atoms with Gasteiger partial charge < -0.3 is 14.5 Å². The van der Waals surface area contributed by atoms with Crippen molar-refractivity contribution >= 4 is 50.5 Å². The van der Waals surface area contributed by atoms with E-state index in [0.717, 1.165) is 21.3 Å². The van der Waals surface area contributed by atoms with Crippen molar-refractivity contribution in [1.82, 2.24) is 24.4 Å². The van der Waals surface area contributed by atoms with Gasteiger partial charge >= 0.3 is 6.09 Å². The summed E-state index contributed by atoms with van der Waals surface area (Å²) in [5.74, 6) is 1.49. The summed E-state index contributed by atoms with van der Waals surface area (Å²) in [6.45, 7) is 9.47. The number of amides is 1. The third kappa shape index (κ3) is 4.48. The molecule has 1 aliphatic rings. The van der Waals surface area contributed by atoms with Gasteiger partial charge in [-0.3, -0.25) is 4.57 Å². The minimum Gasteiger partial charge on any atom is -0.444 e. The molecule has 1 amide bonds. The van der Waals surface area contributed by atoms with Gasteiger partial charge in [-0.15, -0.1) is 0 Å². The lowest BCUT2D eigenvalue weighted by Gasteiger charge is -2.40. The number of carbonyl (C=O) groups excluding carboxylic acids is 1. The van der Waals surface area contributed by atoms with Crippen molar-refractivity contribution in [2.45, 2.75) is 39.3 Å². The van der Waals surface area contributed by atoms with Gasteiger partial charge in [-0.2, -0.15) is 0 Å². The third-order valence-corrected chi connectivity index (χ3v) is 5.86. The molecule has 0 bridgehead atoms. The maximum Gasteiger partial charge on any atom is 0.410 e. The number of anilines is 1. The van der Waals surface area contributed by atoms with E-state index in [1.165, 1.54) is 0 Å². The van der Waals surface area contributed by atoms with E-state index in [1.54, 1.807) is 29.6 Å². The van der Waals surface area contributed by atoms with Gasteiger partial charge in [0.1, 0.15) is 23.6 Å². The second-order valence-electron chi connectivity index (χ2n) is 8.54. The average Bonchev–Trinajstić information content (AvgIpc) is 3.03. The normalized spacial score (nSPS) is 17.3. The number of aromatic nitrogens is 4. The molecule has 1 atom stereocenters. The highest BCUT2D eigenvalue weighted by Crippen LogP contribution is 2.34. The molecule has 31 heavy (non-hydrogen) atoms. The highest BCUT2D eigenvalue weighted by atomic mass is 79.9. The van der Waals surface area contributed by atoms with E-state index in [0.29, 0.717) is 30.5 Å². The van der Waals surface area contributed by atoms with E-state index in [-0.39, 0.29) is 12.1 Å². The van der Waals surface area contributed by atoms with Crippen molar-refractivity contribution in [3.63, 3.8) is 0 Å². The molecule has 4 rings (SSSR count). The monoisotopic (exact) mass is 506 g/mol. The first kappa shape index (κ1) is 21.8. The third-order valence-electron chi connectivity index (χ3n) is 5.03. The lowest BCUT2D eigenvalue weighted by Crippen LogP contribution is -2.55. The highest BCUT2D eigenvalue weighted by molar-refractivity contribution is 9.10. The number of carbonyl (C=O) groups is 1. The molecule has 1 saturated heterocycles. The Morgan fingerprint density at radius 1 is 1.26 bits per heavy atom. The highest BCUT2D eigenvalue weighted by Gasteiger charge is 2.32. The molecule has 0 unspecified atom stereocenters. The summed E-state index contributed by atoms with van der Waals surface area (Å²) >= 11 is 9.81. The Morgan fingerprint density at radius 3 is 2.71 bits per heavy atom. The number of pyridine rings is 1. The quantitative estimate of drug-likeness (QED) is 0.501. The summed E-state index contributed by atoms with van der Waals surface area (Å²) < 4.78 is 8.30. The van der Waals surface area contributed by atoms with Crippen molar-refractivity contribution < 1.29 is 9.53 Å². The first-order valence-corrected chi connectivity index (χ1v) is 11.2. The molecule has 0 N–H and O–H groups in total. The molecular weight excluding hydrogens is 484 g/mol. The molecule has 1 aliphatic heterocycles. The number of fused-ring (bicyclic) bond motifs is 1. The van der Waals surface area contributed by atoms with E-state index in [2.05, 4.69) is 35.8 Å². The SMILES string of the molecule is C[C@@H]1CN(c2ncnc3c2c(Br)cn3-c2cc(Cl)ccn2)CCN1C(=O)OC(C)(C)C. The van der Waals surface area contributed by atoms with Crippen LogP contribution in [0.25, 0.3) is 16.9 Å².